The first-order chi connectivity index (χ1) is 9.95. The van der Waals surface area contributed by atoms with Gasteiger partial charge in [0.2, 0.25) is 0 Å². The SMILES string of the molecule is CC(C)=CCC[C@@H](C)CCC/C(C)=C/CC/C(C)=C/CO. The minimum atomic E-state index is 0.166. The number of hydrogen-bond acceptors (Lipinski definition) is 1. The third-order valence-corrected chi connectivity index (χ3v) is 3.95. The van der Waals surface area contributed by atoms with Gasteiger partial charge in [0.15, 0.2) is 0 Å². The average Bonchev–Trinajstić information content (AvgIpc) is 2.38. The zero-order valence-corrected chi connectivity index (χ0v) is 14.9. The van der Waals surface area contributed by atoms with Crippen molar-refractivity contribution >= 4 is 0 Å². The van der Waals surface area contributed by atoms with E-state index in [1.54, 1.807) is 0 Å². The van der Waals surface area contributed by atoms with Crippen molar-refractivity contribution in [2.75, 3.05) is 6.61 Å². The summed E-state index contributed by atoms with van der Waals surface area (Å²) < 4.78 is 0. The van der Waals surface area contributed by atoms with E-state index in [-0.39, 0.29) is 6.61 Å². The molecule has 0 fully saturated rings. The molecular weight excluding hydrogens is 256 g/mol. The minimum Gasteiger partial charge on any atom is -0.392 e. The molecule has 0 rings (SSSR count). The van der Waals surface area contributed by atoms with Crippen LogP contribution in [0.4, 0.5) is 0 Å². The maximum absolute atomic E-state index is 8.81. The molecule has 0 aliphatic rings. The quantitative estimate of drug-likeness (QED) is 0.449. The molecule has 0 bridgehead atoms. The van der Waals surface area contributed by atoms with E-state index in [9.17, 15) is 0 Å². The number of aliphatic hydroxyl groups is 1. The van der Waals surface area contributed by atoms with Crippen molar-refractivity contribution < 1.29 is 5.11 Å². The van der Waals surface area contributed by atoms with Crippen LogP contribution in [0.3, 0.4) is 0 Å². The molecule has 0 aromatic heterocycles. The summed E-state index contributed by atoms with van der Waals surface area (Å²) in [5, 5.41) is 8.81. The zero-order valence-electron chi connectivity index (χ0n) is 14.9. The Bertz CT molecular complexity index is 343. The van der Waals surface area contributed by atoms with Crippen LogP contribution in [0.25, 0.3) is 0 Å². The van der Waals surface area contributed by atoms with Crippen LogP contribution < -0.4 is 0 Å². The highest BCUT2D eigenvalue weighted by atomic mass is 16.2. The highest BCUT2D eigenvalue weighted by Crippen LogP contribution is 2.18. The lowest BCUT2D eigenvalue weighted by Gasteiger charge is -2.10. The number of hydrogen-bond donors (Lipinski definition) is 1. The Kier molecular flexibility index (Phi) is 12.4. The van der Waals surface area contributed by atoms with Crippen molar-refractivity contribution in [3.63, 3.8) is 0 Å². The van der Waals surface area contributed by atoms with Crippen molar-refractivity contribution in [3.8, 4) is 0 Å². The van der Waals surface area contributed by atoms with E-state index in [0.717, 1.165) is 18.8 Å². The van der Waals surface area contributed by atoms with Crippen LogP contribution in [-0.2, 0) is 0 Å². The van der Waals surface area contributed by atoms with E-state index in [2.05, 4.69) is 46.8 Å². The van der Waals surface area contributed by atoms with Crippen LogP contribution in [-0.4, -0.2) is 11.7 Å². The van der Waals surface area contributed by atoms with Gasteiger partial charge in [-0.25, -0.2) is 0 Å². The minimum absolute atomic E-state index is 0.166. The van der Waals surface area contributed by atoms with Crippen LogP contribution in [0.15, 0.2) is 34.9 Å². The number of allylic oxidation sites excluding steroid dienone is 5. The maximum Gasteiger partial charge on any atom is 0.0614 e. The molecule has 0 aliphatic carbocycles. The Labute approximate surface area is 132 Å². The molecule has 0 saturated heterocycles. The van der Waals surface area contributed by atoms with Crippen LogP contribution in [0, 0.1) is 5.92 Å². The summed E-state index contributed by atoms with van der Waals surface area (Å²) in [5.74, 6) is 0.836. The average molecular weight is 293 g/mol. The lowest BCUT2D eigenvalue weighted by molar-refractivity contribution is 0.341. The van der Waals surface area contributed by atoms with Crippen LogP contribution in [0.2, 0.25) is 0 Å². The van der Waals surface area contributed by atoms with E-state index in [1.165, 1.54) is 48.8 Å². The second kappa shape index (κ2) is 12.9. The van der Waals surface area contributed by atoms with Gasteiger partial charge < -0.3 is 5.11 Å². The van der Waals surface area contributed by atoms with Gasteiger partial charge >= 0.3 is 0 Å². The largest absolute Gasteiger partial charge is 0.392 e. The second-order valence-corrected chi connectivity index (χ2v) is 6.68. The molecule has 1 heteroatoms. The van der Waals surface area contributed by atoms with Crippen LogP contribution >= 0.6 is 0 Å². The highest BCUT2D eigenvalue weighted by Gasteiger charge is 2.01. The molecule has 0 aromatic rings. The fourth-order valence-corrected chi connectivity index (χ4v) is 2.44. The summed E-state index contributed by atoms with van der Waals surface area (Å²) in [6, 6.07) is 0. The van der Waals surface area contributed by atoms with Gasteiger partial charge in [0.1, 0.15) is 0 Å². The van der Waals surface area contributed by atoms with Gasteiger partial charge in [-0.05, 0) is 72.1 Å². The van der Waals surface area contributed by atoms with Crippen LogP contribution in [0.1, 0.15) is 79.6 Å². The van der Waals surface area contributed by atoms with Crippen molar-refractivity contribution in [1.29, 1.82) is 0 Å². The molecule has 0 aromatic carbocycles. The lowest BCUT2D eigenvalue weighted by atomic mass is 9.96. The van der Waals surface area contributed by atoms with Gasteiger partial charge in [0.25, 0.3) is 0 Å². The fraction of sp³-hybridized carbons (Fsp3) is 0.700. The Morgan fingerprint density at radius 2 is 1.52 bits per heavy atom. The smallest absolute Gasteiger partial charge is 0.0614 e. The second-order valence-electron chi connectivity index (χ2n) is 6.68. The summed E-state index contributed by atoms with van der Waals surface area (Å²) in [5.41, 5.74) is 4.24. The highest BCUT2D eigenvalue weighted by molar-refractivity contribution is 5.03. The fourth-order valence-electron chi connectivity index (χ4n) is 2.44. The Morgan fingerprint density at radius 3 is 2.14 bits per heavy atom. The van der Waals surface area contributed by atoms with Gasteiger partial charge in [-0.2, -0.15) is 0 Å². The molecule has 0 radical (unpaired) electrons. The predicted molar refractivity (Wildman–Crippen MR) is 95.5 cm³/mol. The maximum atomic E-state index is 8.81. The predicted octanol–water partition coefficient (Wildman–Crippen LogP) is 6.20. The van der Waals surface area contributed by atoms with E-state index < -0.39 is 0 Å². The summed E-state index contributed by atoms with van der Waals surface area (Å²) >= 11 is 0. The first kappa shape index (κ1) is 20.2. The van der Waals surface area contributed by atoms with Crippen molar-refractivity contribution in [2.24, 2.45) is 5.92 Å². The zero-order chi connectivity index (χ0) is 16.1. The molecule has 0 spiro atoms. The monoisotopic (exact) mass is 292 g/mol. The van der Waals surface area contributed by atoms with Gasteiger partial charge in [-0.1, -0.05) is 48.3 Å². The first-order valence-electron chi connectivity index (χ1n) is 8.51. The summed E-state index contributed by atoms with van der Waals surface area (Å²) in [6.07, 6.45) is 15.2. The summed E-state index contributed by atoms with van der Waals surface area (Å²) in [6.45, 7) is 11.2. The van der Waals surface area contributed by atoms with Crippen molar-refractivity contribution in [1.82, 2.24) is 0 Å². The molecule has 21 heavy (non-hydrogen) atoms. The third kappa shape index (κ3) is 13.9. The standard InChI is InChI=1S/C20H36O/c1-17(2)9-6-10-18(3)11-7-12-19(4)13-8-14-20(5)15-16-21/h9,13,15,18,21H,6-8,10-12,14,16H2,1-5H3/b19-13+,20-15+/t18-/m1/s1. The third-order valence-electron chi connectivity index (χ3n) is 3.95. The summed E-state index contributed by atoms with van der Waals surface area (Å²) in [4.78, 5) is 0. The molecule has 122 valence electrons. The van der Waals surface area contributed by atoms with Gasteiger partial charge in [0.05, 0.1) is 6.61 Å². The van der Waals surface area contributed by atoms with Gasteiger partial charge in [-0.15, -0.1) is 0 Å². The molecule has 0 amide bonds. The van der Waals surface area contributed by atoms with Gasteiger partial charge in [0, 0.05) is 0 Å². The van der Waals surface area contributed by atoms with Gasteiger partial charge in [-0.3, -0.25) is 0 Å². The summed E-state index contributed by atoms with van der Waals surface area (Å²) in [7, 11) is 0. The molecular formula is C20H36O. The molecule has 1 atom stereocenters. The number of rotatable bonds is 11. The van der Waals surface area contributed by atoms with E-state index >= 15 is 0 Å². The number of aliphatic hydroxyl groups excluding tert-OH is 1. The van der Waals surface area contributed by atoms with E-state index in [0.29, 0.717) is 0 Å². The topological polar surface area (TPSA) is 20.2 Å². The Morgan fingerprint density at radius 1 is 0.857 bits per heavy atom. The van der Waals surface area contributed by atoms with Crippen molar-refractivity contribution in [2.45, 2.75) is 79.6 Å². The van der Waals surface area contributed by atoms with E-state index in [4.69, 9.17) is 5.11 Å². The Hall–Kier alpha value is -0.820. The normalized spacial score (nSPS) is 14.2. The van der Waals surface area contributed by atoms with E-state index in [1.807, 2.05) is 6.08 Å². The molecule has 0 unspecified atom stereocenters. The lowest BCUT2D eigenvalue weighted by Crippen LogP contribution is -1.94. The first-order valence-corrected chi connectivity index (χ1v) is 8.51. The Balaban J connectivity index is 3.75. The van der Waals surface area contributed by atoms with Crippen LogP contribution in [0.5, 0.6) is 0 Å². The molecule has 1 N–H and O–H groups in total. The molecule has 0 heterocycles. The van der Waals surface area contributed by atoms with Crippen molar-refractivity contribution in [3.05, 3.63) is 34.9 Å². The molecule has 0 saturated carbocycles. The molecule has 0 aliphatic heterocycles. The molecule has 1 nitrogen and oxygen atoms in total.